The van der Waals surface area contributed by atoms with E-state index in [-0.39, 0.29) is 58.6 Å². The van der Waals surface area contributed by atoms with Gasteiger partial charge in [0.25, 0.3) is 0 Å². The third-order valence-corrected chi connectivity index (χ3v) is 8.35. The highest BCUT2D eigenvalue weighted by Crippen LogP contribution is 2.45. The number of aliphatic hydroxyl groups is 4. The third-order valence-electron chi connectivity index (χ3n) is 8.21. The number of amides is 1. The number of nitrogens with one attached hydrogen (secondary N) is 2. The van der Waals surface area contributed by atoms with Crippen LogP contribution in [0.4, 0.5) is 0 Å². The Morgan fingerprint density at radius 3 is 2.33 bits per heavy atom. The number of nitrogens with zero attached hydrogens (tertiary/aromatic N) is 2. The number of likely N-dealkylation sites (N-methyl/N-ethyl adjacent to an activating group) is 1. The van der Waals surface area contributed by atoms with Crippen LogP contribution in [0, 0.1) is 5.41 Å². The predicted molar refractivity (Wildman–Crippen MR) is 180 cm³/mol. The third kappa shape index (κ3) is 7.50. The second-order valence-electron chi connectivity index (χ2n) is 11.9. The summed E-state index contributed by atoms with van der Waals surface area (Å²) in [7, 11) is 1.42. The molecule has 0 aliphatic heterocycles. The van der Waals surface area contributed by atoms with Gasteiger partial charge < -0.3 is 51.1 Å². The van der Waals surface area contributed by atoms with E-state index in [0.29, 0.717) is 34.4 Å². The van der Waals surface area contributed by atoms with Crippen LogP contribution in [-0.2, 0) is 14.5 Å². The van der Waals surface area contributed by atoms with E-state index in [1.165, 1.54) is 36.2 Å². The van der Waals surface area contributed by atoms with E-state index < -0.39 is 35.7 Å². The first-order chi connectivity index (χ1) is 22.6. The molecule has 4 atom stereocenters. The highest BCUT2D eigenvalue weighted by atomic mass is 32.2. The molecule has 48 heavy (non-hydrogen) atoms. The van der Waals surface area contributed by atoms with Gasteiger partial charge in [0.15, 0.2) is 5.75 Å². The summed E-state index contributed by atoms with van der Waals surface area (Å²) in [5.74, 6) is -0.835. The minimum Gasteiger partial charge on any atom is -0.507 e. The average molecular weight is 685 g/mol. The molecule has 12 N–H and O–H groups in total. The van der Waals surface area contributed by atoms with Crippen LogP contribution in [0.15, 0.2) is 48.5 Å². The van der Waals surface area contributed by atoms with Gasteiger partial charge in [-0.15, -0.1) is 0 Å². The average Bonchev–Trinajstić information content (AvgIpc) is 3.49. The van der Waals surface area contributed by atoms with E-state index in [1.807, 2.05) is 0 Å². The summed E-state index contributed by atoms with van der Waals surface area (Å²) >= 11 is 0.462. The summed E-state index contributed by atoms with van der Waals surface area (Å²) in [6, 6.07) is 12.2. The second-order valence-corrected chi connectivity index (χ2v) is 12.2. The van der Waals surface area contributed by atoms with Crippen molar-refractivity contribution >= 4 is 35.0 Å². The molecular weight excluding hydrogens is 644 g/mol. The molecule has 0 radical (unpaired) electrons. The van der Waals surface area contributed by atoms with Gasteiger partial charge in [0.2, 0.25) is 5.91 Å². The van der Waals surface area contributed by atoms with Crippen LogP contribution in [0.3, 0.4) is 0 Å². The number of phenols is 2. The molecule has 0 unspecified atom stereocenters. The molecule has 15 nitrogen and oxygen atoms in total. The van der Waals surface area contributed by atoms with Gasteiger partial charge in [0.1, 0.15) is 53.7 Å². The monoisotopic (exact) mass is 684 g/mol. The number of rotatable bonds is 14. The maximum absolute atomic E-state index is 13.9. The van der Waals surface area contributed by atoms with Crippen LogP contribution in [0.1, 0.15) is 38.3 Å². The number of carbonyl (C=O) groups excluding carboxylic acids is 1. The Morgan fingerprint density at radius 2 is 1.69 bits per heavy atom. The number of aromatic nitrogens is 2. The van der Waals surface area contributed by atoms with Crippen molar-refractivity contribution < 1.29 is 44.7 Å². The Hall–Kier alpha value is -4.42. The van der Waals surface area contributed by atoms with Crippen molar-refractivity contribution in [2.45, 2.75) is 57.0 Å². The van der Waals surface area contributed by atoms with Gasteiger partial charge in [-0.3, -0.25) is 15.3 Å². The van der Waals surface area contributed by atoms with E-state index >= 15 is 0 Å². The Morgan fingerprint density at radius 1 is 1.02 bits per heavy atom. The molecule has 258 valence electrons. The molecule has 0 bridgehead atoms. The Balaban J connectivity index is 1.83. The normalized spacial score (nSPS) is 14.4. The van der Waals surface area contributed by atoms with Crippen LogP contribution >= 0.6 is 12.2 Å². The van der Waals surface area contributed by atoms with E-state index in [1.54, 1.807) is 45.0 Å². The molecule has 0 aliphatic carbocycles. The smallest absolute Gasteiger partial charge is 0.232 e. The number of hydrogen-bond acceptors (Lipinski definition) is 13. The van der Waals surface area contributed by atoms with Gasteiger partial charge in [-0.1, -0.05) is 11.3 Å². The molecule has 1 heterocycles. The number of imidazole rings is 1. The largest absolute Gasteiger partial charge is 0.507 e. The number of amidine groups is 1. The van der Waals surface area contributed by atoms with Crippen LogP contribution in [0.25, 0.3) is 33.5 Å². The highest BCUT2D eigenvalue weighted by Gasteiger charge is 2.37. The van der Waals surface area contributed by atoms with Gasteiger partial charge in [0, 0.05) is 30.3 Å². The van der Waals surface area contributed by atoms with Crippen molar-refractivity contribution in [2.75, 3.05) is 13.6 Å². The van der Waals surface area contributed by atoms with E-state index in [9.17, 15) is 35.4 Å². The first-order valence-corrected chi connectivity index (χ1v) is 15.6. The van der Waals surface area contributed by atoms with Crippen LogP contribution < -0.4 is 15.8 Å². The number of carbonyl (C=O) groups is 1. The van der Waals surface area contributed by atoms with Gasteiger partial charge in [-0.2, -0.15) is 0 Å². The summed E-state index contributed by atoms with van der Waals surface area (Å²) in [5.41, 5.74) is 6.54. The number of hydrogen-bond donors (Lipinski definition) is 10. The lowest BCUT2D eigenvalue weighted by atomic mass is 9.80. The van der Waals surface area contributed by atoms with Crippen molar-refractivity contribution in [1.29, 1.82) is 5.41 Å². The quantitative estimate of drug-likeness (QED) is 0.0228. The molecule has 4 aromatic rings. The lowest BCUT2D eigenvalue weighted by molar-refractivity contribution is -0.141. The topological polar surface area (TPSA) is 265 Å². The van der Waals surface area contributed by atoms with Crippen molar-refractivity contribution in [1.82, 2.24) is 14.9 Å². The maximum atomic E-state index is 13.9. The summed E-state index contributed by atoms with van der Waals surface area (Å²) < 4.78 is 4.75. The zero-order chi connectivity index (χ0) is 35.5. The first kappa shape index (κ1) is 36.4. The second kappa shape index (κ2) is 14.8. The standard InChI is InChI=1S/C32H40N6O9S/c1-5-23(39)27(43)28(44)25(41)14-38(4)31(45)32(2,3)16-11-19(18-13-17(46-47-48-35)7-9-24(18)40)26(42)20(12-16)30-36-21-8-6-15(29(33)34)10-22(21)37-30/h6-13,23,25,27-28,39-44H,5,14,35H2,1-4H3,(H3,33,34)(H,36,37)/t23-,25+,27-,28-/m0/s1. The first-order valence-electron chi connectivity index (χ1n) is 14.8. The van der Waals surface area contributed by atoms with Crippen molar-refractivity contribution in [2.24, 2.45) is 10.9 Å². The Labute approximate surface area is 280 Å². The van der Waals surface area contributed by atoms with Gasteiger partial charge in [-0.25, -0.2) is 4.98 Å². The number of aliphatic hydroxyl groups excluding tert-OH is 4. The van der Waals surface area contributed by atoms with Gasteiger partial charge in [-0.05, 0) is 74.4 Å². The van der Waals surface area contributed by atoms with Gasteiger partial charge in [0.05, 0.1) is 28.1 Å². The maximum Gasteiger partial charge on any atom is 0.232 e. The van der Waals surface area contributed by atoms with E-state index in [2.05, 4.69) is 9.97 Å². The van der Waals surface area contributed by atoms with E-state index in [0.717, 1.165) is 0 Å². The zero-order valence-corrected chi connectivity index (χ0v) is 27.5. The molecule has 1 amide bonds. The number of phenolic OH excluding ortho intramolecular Hbond substituents is 2. The Kier molecular flexibility index (Phi) is 11.2. The zero-order valence-electron chi connectivity index (χ0n) is 26.7. The molecule has 1 aromatic heterocycles. The number of H-pyrrole nitrogens is 1. The molecule has 16 heteroatoms. The van der Waals surface area contributed by atoms with Crippen molar-refractivity contribution in [3.05, 3.63) is 59.7 Å². The summed E-state index contributed by atoms with van der Waals surface area (Å²) in [5, 5.41) is 76.7. The lowest BCUT2D eigenvalue weighted by Crippen LogP contribution is -2.51. The number of nitrogen functional groups attached to an aromatic ring is 1. The number of nitrogens with two attached hydrogens (primary N) is 2. The lowest BCUT2D eigenvalue weighted by Gasteiger charge is -2.33. The fourth-order valence-corrected chi connectivity index (χ4v) is 5.41. The fourth-order valence-electron chi connectivity index (χ4n) is 5.30. The number of aromatic amines is 1. The van der Waals surface area contributed by atoms with Crippen molar-refractivity contribution in [3.8, 4) is 39.8 Å². The van der Waals surface area contributed by atoms with Gasteiger partial charge >= 0.3 is 0 Å². The molecule has 0 saturated heterocycles. The number of fused-ring (bicyclic) bond motifs is 1. The molecular formula is C32H40N6O9S. The summed E-state index contributed by atoms with van der Waals surface area (Å²) in [4.78, 5) is 28.0. The minimum atomic E-state index is -1.72. The minimum absolute atomic E-state index is 0.103. The van der Waals surface area contributed by atoms with Crippen molar-refractivity contribution in [3.63, 3.8) is 0 Å². The molecule has 3 aromatic carbocycles. The Bertz CT molecular complexity index is 1800. The van der Waals surface area contributed by atoms with E-state index in [4.69, 9.17) is 25.5 Å². The molecule has 0 saturated carbocycles. The number of benzene rings is 3. The summed E-state index contributed by atoms with van der Waals surface area (Å²) in [6.07, 6.45) is -6.05. The SMILES string of the molecule is CC[C@H](O)[C@H](O)[C@@H](O)[C@H](O)CN(C)C(=O)C(C)(C)c1cc(-c2nc3ccc(C(=N)N)cc3[nH]2)c(O)c(-c2cc(OOSN)ccc2O)c1. The van der Waals surface area contributed by atoms with Crippen LogP contribution in [0.2, 0.25) is 0 Å². The molecule has 0 aliphatic rings. The number of aromatic hydroxyl groups is 2. The fraction of sp³-hybridized carbons (Fsp3) is 0.344. The van der Waals surface area contributed by atoms with Crippen LogP contribution in [-0.4, -0.2) is 95.3 Å². The van der Waals surface area contributed by atoms with Crippen LogP contribution in [0.5, 0.6) is 17.2 Å². The molecule has 4 rings (SSSR count). The molecule has 0 fully saturated rings. The highest BCUT2D eigenvalue weighted by molar-refractivity contribution is 7.92. The predicted octanol–water partition coefficient (Wildman–Crippen LogP) is 2.01. The molecule has 0 spiro atoms. The summed E-state index contributed by atoms with van der Waals surface area (Å²) in [6.45, 7) is 4.47.